The zero-order valence-corrected chi connectivity index (χ0v) is 31.1. The van der Waals surface area contributed by atoms with Gasteiger partial charge in [-0.1, -0.05) is 67.8 Å². The summed E-state index contributed by atoms with van der Waals surface area (Å²) >= 11 is 0. The highest BCUT2D eigenvalue weighted by Crippen LogP contribution is 2.56. The highest BCUT2D eigenvalue weighted by molar-refractivity contribution is 7.90. The number of nitrogens with one attached hydrogen (secondary N) is 1. The standard InChI is InChI=1S/C42H48N4O5S/c1-25(2)52(49,50)43-41(47)39-34-24-45-35(20-33-36(51-3)18-17-30(40(33)45)27-13-8-5-9-14-27)37-31(38(34)39)15-10-16-32(37)42(48)46-28-19-29(46)23-44(22-28)21-26-11-6-4-7-12-26/h4,6-7,10-12,15,17-18,20,25,27-29,32,37H,5,8-9,13-14,16,19,21-24H2,1-3H3,(H,43,47)/t28?,29?,32-,37?/m1/s1. The Morgan fingerprint density at radius 2 is 1.75 bits per heavy atom. The van der Waals surface area contributed by atoms with Crippen LogP contribution in [0.3, 0.4) is 0 Å². The van der Waals surface area contributed by atoms with E-state index in [0.717, 1.165) is 78.0 Å². The molecule has 272 valence electrons. The van der Waals surface area contributed by atoms with Gasteiger partial charge in [-0.2, -0.15) is 0 Å². The van der Waals surface area contributed by atoms with Crippen LogP contribution in [0.1, 0.15) is 87.4 Å². The molecule has 4 atom stereocenters. The first-order valence-corrected chi connectivity index (χ1v) is 20.7. The summed E-state index contributed by atoms with van der Waals surface area (Å²) in [6.07, 6.45) is 11.7. The molecule has 2 aromatic carbocycles. The largest absolute Gasteiger partial charge is 0.496 e. The third-order valence-corrected chi connectivity index (χ3v) is 14.4. The molecule has 9 nitrogen and oxygen atoms in total. The molecule has 5 heterocycles. The second kappa shape index (κ2) is 12.8. The van der Waals surface area contributed by atoms with Crippen LogP contribution in [0.4, 0.5) is 0 Å². The van der Waals surface area contributed by atoms with Crippen molar-refractivity contribution in [2.75, 3.05) is 20.2 Å². The average molecular weight is 721 g/mol. The van der Waals surface area contributed by atoms with Gasteiger partial charge in [-0.15, -0.1) is 0 Å². The Labute approximate surface area is 306 Å². The predicted molar refractivity (Wildman–Crippen MR) is 201 cm³/mol. The third kappa shape index (κ3) is 5.47. The smallest absolute Gasteiger partial charge is 0.265 e. The number of benzene rings is 2. The third-order valence-electron chi connectivity index (χ3n) is 12.7. The lowest BCUT2D eigenvalue weighted by molar-refractivity contribution is -0.159. The average Bonchev–Trinajstić information content (AvgIpc) is 3.77. The number of allylic oxidation sites excluding steroid dienone is 4. The summed E-state index contributed by atoms with van der Waals surface area (Å²) < 4.78 is 36.4. The number of amides is 2. The van der Waals surface area contributed by atoms with Crippen molar-refractivity contribution in [3.05, 3.63) is 99.8 Å². The van der Waals surface area contributed by atoms with E-state index in [1.807, 2.05) is 6.07 Å². The zero-order chi connectivity index (χ0) is 35.9. The summed E-state index contributed by atoms with van der Waals surface area (Å²) in [5.41, 5.74) is 7.87. The molecule has 1 saturated carbocycles. The molecule has 4 aliphatic heterocycles. The maximum absolute atomic E-state index is 14.9. The first-order valence-electron chi connectivity index (χ1n) is 19.1. The predicted octanol–water partition coefficient (Wildman–Crippen LogP) is 6.32. The van der Waals surface area contributed by atoms with Crippen LogP contribution in [-0.4, -0.2) is 72.1 Å². The highest BCUT2D eigenvalue weighted by atomic mass is 32.2. The van der Waals surface area contributed by atoms with Crippen LogP contribution in [0.2, 0.25) is 0 Å². The minimum atomic E-state index is -3.83. The van der Waals surface area contributed by atoms with Gasteiger partial charge in [-0.25, -0.2) is 13.1 Å². The summed E-state index contributed by atoms with van der Waals surface area (Å²) in [7, 11) is -2.12. The lowest BCUT2D eigenvalue weighted by Gasteiger charge is -2.57. The number of hydrogen-bond donors (Lipinski definition) is 1. The number of fused-ring (bicyclic) bond motifs is 8. The maximum Gasteiger partial charge on any atom is 0.265 e. The number of sulfonamides is 1. The summed E-state index contributed by atoms with van der Waals surface area (Å²) in [4.78, 5) is 33.3. The molecule has 1 aromatic heterocycles. The first-order chi connectivity index (χ1) is 25.1. The molecular weight excluding hydrogens is 673 g/mol. The van der Waals surface area contributed by atoms with Gasteiger partial charge in [-0.3, -0.25) is 14.5 Å². The molecule has 3 aromatic rings. The molecule has 10 heteroatoms. The van der Waals surface area contributed by atoms with Crippen molar-refractivity contribution >= 4 is 32.7 Å². The number of hydrogen-bond acceptors (Lipinski definition) is 6. The Bertz CT molecular complexity index is 2160. The molecule has 2 amide bonds. The van der Waals surface area contributed by atoms with Crippen LogP contribution in [0.15, 0.2) is 83.0 Å². The number of piperidine rings is 1. The van der Waals surface area contributed by atoms with E-state index in [9.17, 15) is 18.0 Å². The van der Waals surface area contributed by atoms with E-state index in [1.165, 1.54) is 30.4 Å². The van der Waals surface area contributed by atoms with Crippen LogP contribution in [-0.2, 0) is 32.7 Å². The Morgan fingerprint density at radius 1 is 1.00 bits per heavy atom. The molecule has 3 aliphatic carbocycles. The second-order valence-corrected chi connectivity index (χ2v) is 18.2. The zero-order valence-electron chi connectivity index (χ0n) is 30.3. The van der Waals surface area contributed by atoms with Crippen molar-refractivity contribution in [1.82, 2.24) is 19.1 Å². The lowest BCUT2D eigenvalue weighted by Crippen LogP contribution is -2.70. The van der Waals surface area contributed by atoms with E-state index in [0.29, 0.717) is 24.5 Å². The maximum atomic E-state index is 14.9. The number of carbonyl (C=O) groups excluding carboxylic acids is 2. The molecule has 0 radical (unpaired) electrons. The number of ether oxygens (including phenoxy) is 1. The van der Waals surface area contributed by atoms with Gasteiger partial charge in [-0.05, 0) is 85.4 Å². The Morgan fingerprint density at radius 3 is 2.46 bits per heavy atom. The van der Waals surface area contributed by atoms with Gasteiger partial charge < -0.3 is 14.2 Å². The van der Waals surface area contributed by atoms with Gasteiger partial charge in [0.2, 0.25) is 15.9 Å². The minimum Gasteiger partial charge on any atom is -0.496 e. The van der Waals surface area contributed by atoms with E-state index >= 15 is 0 Å². The van der Waals surface area contributed by atoms with Gasteiger partial charge in [0.15, 0.2) is 0 Å². The number of carbonyl (C=O) groups is 2. The van der Waals surface area contributed by atoms with E-state index < -0.39 is 21.2 Å². The van der Waals surface area contributed by atoms with Crippen LogP contribution >= 0.6 is 0 Å². The van der Waals surface area contributed by atoms with Crippen molar-refractivity contribution in [3.8, 4) is 5.75 Å². The van der Waals surface area contributed by atoms with Crippen molar-refractivity contribution in [3.63, 3.8) is 0 Å². The van der Waals surface area contributed by atoms with E-state index in [-0.39, 0.29) is 29.8 Å². The van der Waals surface area contributed by atoms with Crippen LogP contribution < -0.4 is 9.46 Å². The number of piperazine rings is 1. The molecule has 4 fully saturated rings. The topological polar surface area (TPSA) is 101 Å². The fourth-order valence-electron chi connectivity index (χ4n) is 10.0. The van der Waals surface area contributed by atoms with Crippen LogP contribution in [0, 0.1) is 5.92 Å². The van der Waals surface area contributed by atoms with Crippen molar-refractivity contribution in [2.24, 2.45) is 5.92 Å². The Hall–Kier alpha value is -4.15. The number of aromatic nitrogens is 1. The SMILES string of the molecule is COc1ccc(C2CCCCC2)c2c1cc1n2CC2=C(C(=O)NS(=O)(=O)C(C)C)C2=C2C=CC[C@@H](C(=O)N3C4CC3CN(Cc3ccccc3)C4)C21. The second-order valence-electron chi connectivity index (χ2n) is 16.0. The summed E-state index contributed by atoms with van der Waals surface area (Å²) in [6.45, 7) is 6.20. The number of rotatable bonds is 8. The molecule has 0 spiro atoms. The normalized spacial score (nSPS) is 25.7. The molecule has 3 unspecified atom stereocenters. The van der Waals surface area contributed by atoms with Gasteiger partial charge >= 0.3 is 0 Å². The molecular formula is C42H48N4O5S. The van der Waals surface area contributed by atoms with Crippen molar-refractivity contribution < 1.29 is 22.7 Å². The molecule has 3 saturated heterocycles. The van der Waals surface area contributed by atoms with Crippen molar-refractivity contribution in [1.29, 1.82) is 0 Å². The Kier molecular flexibility index (Phi) is 8.26. The van der Waals surface area contributed by atoms with Gasteiger partial charge in [0.25, 0.3) is 5.91 Å². The van der Waals surface area contributed by atoms with E-state index in [4.69, 9.17) is 4.74 Å². The monoisotopic (exact) mass is 720 g/mol. The quantitative estimate of drug-likeness (QED) is 0.293. The van der Waals surface area contributed by atoms with Gasteiger partial charge in [0.1, 0.15) is 5.75 Å². The fraction of sp³-hybridized carbons (Fsp3) is 0.476. The van der Waals surface area contributed by atoms with Gasteiger partial charge in [0, 0.05) is 55.3 Å². The lowest BCUT2D eigenvalue weighted by atomic mass is 9.74. The van der Waals surface area contributed by atoms with Crippen molar-refractivity contribution in [2.45, 2.75) is 101 Å². The molecule has 1 N–H and O–H groups in total. The summed E-state index contributed by atoms with van der Waals surface area (Å²) in [5.74, 6) is 0.210. The molecule has 52 heavy (non-hydrogen) atoms. The minimum absolute atomic E-state index is 0.182. The van der Waals surface area contributed by atoms with Crippen LogP contribution in [0.25, 0.3) is 10.9 Å². The van der Waals surface area contributed by atoms with Gasteiger partial charge in [0.05, 0.1) is 29.4 Å². The first kappa shape index (κ1) is 33.7. The Balaban J connectivity index is 1.12. The molecule has 10 rings (SSSR count). The van der Waals surface area contributed by atoms with Crippen LogP contribution in [0.5, 0.6) is 5.75 Å². The summed E-state index contributed by atoms with van der Waals surface area (Å²) in [6, 6.07) is 17.5. The number of nitrogens with zero attached hydrogens (tertiary/aromatic N) is 3. The number of methoxy groups -OCH3 is 1. The molecule has 2 bridgehead atoms. The van der Waals surface area contributed by atoms with E-state index in [2.05, 4.69) is 73.7 Å². The van der Waals surface area contributed by atoms with E-state index in [1.54, 1.807) is 21.0 Å². The molecule has 7 aliphatic rings. The summed E-state index contributed by atoms with van der Waals surface area (Å²) in [5, 5.41) is 0.300. The highest BCUT2D eigenvalue weighted by Gasteiger charge is 2.53. The fourth-order valence-corrected chi connectivity index (χ4v) is 10.6.